The Balaban J connectivity index is 1.29. The first kappa shape index (κ1) is 27.8. The highest BCUT2D eigenvalue weighted by Gasteiger charge is 2.27. The fraction of sp³-hybridized carbons (Fsp3) is 0.379. The number of hydrogen-bond donors (Lipinski definition) is 3. The Bertz CT molecular complexity index is 1310. The molecule has 0 unspecified atom stereocenters. The van der Waals surface area contributed by atoms with E-state index in [1.165, 1.54) is 6.07 Å². The van der Waals surface area contributed by atoms with Gasteiger partial charge in [-0.3, -0.25) is 4.79 Å². The first-order valence-corrected chi connectivity index (χ1v) is 13.1. The molecule has 0 atom stereocenters. The average Bonchev–Trinajstić information content (AvgIpc) is 2.91. The van der Waals surface area contributed by atoms with Crippen LogP contribution >= 0.6 is 0 Å². The van der Waals surface area contributed by atoms with Crippen molar-refractivity contribution in [3.05, 3.63) is 71.7 Å². The maximum atomic E-state index is 13.5. The highest BCUT2D eigenvalue weighted by molar-refractivity contribution is 5.94. The number of alkyl carbamates (subject to hydrolysis) is 1. The Morgan fingerprint density at radius 3 is 2.41 bits per heavy atom. The van der Waals surface area contributed by atoms with Crippen LogP contribution in [0, 0.1) is 12.7 Å². The number of anilines is 4. The zero-order chi connectivity index (χ0) is 28.0. The lowest BCUT2D eigenvalue weighted by Crippen LogP contribution is -2.47. The maximum absolute atomic E-state index is 13.5. The molecule has 9 nitrogen and oxygen atoms in total. The monoisotopic (exact) mass is 534 g/mol. The van der Waals surface area contributed by atoms with Gasteiger partial charge in [0.1, 0.15) is 17.2 Å². The van der Waals surface area contributed by atoms with Crippen LogP contribution in [0.5, 0.6) is 0 Å². The second kappa shape index (κ2) is 12.1. The molecule has 2 heterocycles. The van der Waals surface area contributed by atoms with Gasteiger partial charge in [0.2, 0.25) is 5.95 Å². The van der Waals surface area contributed by atoms with Crippen molar-refractivity contribution in [2.24, 2.45) is 0 Å². The van der Waals surface area contributed by atoms with Crippen LogP contribution in [-0.2, 0) is 4.74 Å². The summed E-state index contributed by atoms with van der Waals surface area (Å²) < 4.78 is 19.0. The fourth-order valence-corrected chi connectivity index (χ4v) is 4.11. The molecule has 0 aliphatic carbocycles. The first-order chi connectivity index (χ1) is 18.6. The predicted octanol–water partition coefficient (Wildman–Crippen LogP) is 5.93. The van der Waals surface area contributed by atoms with Gasteiger partial charge in [0.15, 0.2) is 0 Å². The molecule has 39 heavy (non-hydrogen) atoms. The van der Waals surface area contributed by atoms with E-state index in [1.807, 2.05) is 20.8 Å². The summed E-state index contributed by atoms with van der Waals surface area (Å²) >= 11 is 0. The number of nitrogens with one attached hydrogen (secondary N) is 3. The third-order valence-corrected chi connectivity index (χ3v) is 6.80. The second-order valence-electron chi connectivity index (χ2n) is 10.3. The molecule has 1 fully saturated rings. The third kappa shape index (κ3) is 7.66. The Morgan fingerprint density at radius 2 is 1.74 bits per heavy atom. The molecule has 1 aliphatic heterocycles. The van der Waals surface area contributed by atoms with E-state index in [0.29, 0.717) is 48.8 Å². The van der Waals surface area contributed by atoms with Crippen LogP contribution in [0.2, 0.25) is 0 Å². The summed E-state index contributed by atoms with van der Waals surface area (Å²) in [5.74, 6) is 0.633. The average molecular weight is 535 g/mol. The van der Waals surface area contributed by atoms with E-state index in [-0.39, 0.29) is 17.8 Å². The minimum atomic E-state index is -0.503. The van der Waals surface area contributed by atoms with Crippen molar-refractivity contribution in [2.45, 2.75) is 58.6 Å². The van der Waals surface area contributed by atoms with Crippen molar-refractivity contribution in [3.8, 4) is 0 Å². The normalized spacial score (nSPS) is 14.0. The smallest absolute Gasteiger partial charge is 0.407 e. The van der Waals surface area contributed by atoms with Gasteiger partial charge in [0.05, 0.1) is 0 Å². The van der Waals surface area contributed by atoms with Gasteiger partial charge in [-0.1, -0.05) is 6.92 Å². The summed E-state index contributed by atoms with van der Waals surface area (Å²) in [6, 6.07) is 13.6. The Hall–Kier alpha value is -4.21. The van der Waals surface area contributed by atoms with Gasteiger partial charge in [0.25, 0.3) is 5.91 Å². The minimum absolute atomic E-state index is 0.0156. The van der Waals surface area contributed by atoms with Crippen LogP contribution < -0.4 is 16.0 Å². The predicted molar refractivity (Wildman–Crippen MR) is 149 cm³/mol. The van der Waals surface area contributed by atoms with Crippen molar-refractivity contribution < 1.29 is 18.7 Å². The quantitative estimate of drug-likeness (QED) is 0.329. The first-order valence-electron chi connectivity index (χ1n) is 13.1. The summed E-state index contributed by atoms with van der Waals surface area (Å²) in [5.41, 5.74) is 2.08. The van der Waals surface area contributed by atoms with E-state index in [0.717, 1.165) is 17.8 Å². The molecule has 2 aromatic carbocycles. The number of carbonyl (C=O) groups excluding carboxylic acids is 2. The highest BCUT2D eigenvalue weighted by Crippen LogP contribution is 2.21. The molecule has 0 bridgehead atoms. The topological polar surface area (TPSA) is 108 Å². The molecule has 10 heteroatoms. The summed E-state index contributed by atoms with van der Waals surface area (Å²) in [7, 11) is 0. The molecule has 4 rings (SSSR count). The lowest BCUT2D eigenvalue weighted by molar-refractivity contribution is 0.0323. The van der Waals surface area contributed by atoms with Crippen molar-refractivity contribution in [3.63, 3.8) is 0 Å². The number of amides is 2. The van der Waals surface area contributed by atoms with E-state index < -0.39 is 11.7 Å². The van der Waals surface area contributed by atoms with Crippen LogP contribution in [0.25, 0.3) is 0 Å². The van der Waals surface area contributed by atoms with E-state index in [2.05, 4.69) is 25.9 Å². The van der Waals surface area contributed by atoms with E-state index in [9.17, 15) is 14.0 Å². The van der Waals surface area contributed by atoms with Crippen molar-refractivity contribution >= 4 is 35.1 Å². The van der Waals surface area contributed by atoms with Crippen molar-refractivity contribution in [1.82, 2.24) is 20.2 Å². The summed E-state index contributed by atoms with van der Waals surface area (Å²) in [5, 5.41) is 9.21. The standard InChI is InChI=1S/C29H35FN6O3/c1-5-29(3,4)39-28(38)34-22-13-16-36(17-14-22)26(37)20-6-8-21(9-7-20)33-27-31-15-12-25(35-27)32-23-10-11-24(30)19(2)18-23/h6-12,15,18,22H,5,13-14,16-17H2,1-4H3,(H,34,38)(H2,31,32,33,35). The van der Waals surface area contributed by atoms with E-state index in [4.69, 9.17) is 4.74 Å². The number of aromatic nitrogens is 2. The van der Waals surface area contributed by atoms with Crippen LogP contribution in [0.3, 0.4) is 0 Å². The number of benzene rings is 2. The zero-order valence-corrected chi connectivity index (χ0v) is 22.8. The van der Waals surface area contributed by atoms with Crippen LogP contribution in [0.15, 0.2) is 54.7 Å². The molecule has 0 spiro atoms. The molecule has 3 N–H and O–H groups in total. The molecule has 1 saturated heterocycles. The number of hydrogen-bond acceptors (Lipinski definition) is 7. The second-order valence-corrected chi connectivity index (χ2v) is 10.3. The number of ether oxygens (including phenoxy) is 1. The Morgan fingerprint density at radius 1 is 1.05 bits per heavy atom. The maximum Gasteiger partial charge on any atom is 0.407 e. The SMILES string of the molecule is CCC(C)(C)OC(=O)NC1CCN(C(=O)c2ccc(Nc3nccc(Nc4ccc(F)c(C)c4)n3)cc2)CC1. The molecule has 2 amide bonds. The van der Waals surface area contributed by atoms with E-state index >= 15 is 0 Å². The third-order valence-electron chi connectivity index (χ3n) is 6.80. The molecule has 3 aromatic rings. The molecule has 0 saturated carbocycles. The molecular weight excluding hydrogens is 499 g/mol. The van der Waals surface area contributed by atoms with Crippen molar-refractivity contribution in [1.29, 1.82) is 0 Å². The molecule has 206 valence electrons. The lowest BCUT2D eigenvalue weighted by Gasteiger charge is -2.33. The molecule has 1 aliphatic rings. The summed E-state index contributed by atoms with van der Waals surface area (Å²) in [4.78, 5) is 35.7. The zero-order valence-electron chi connectivity index (χ0n) is 22.8. The summed E-state index contributed by atoms with van der Waals surface area (Å²) in [6.07, 6.45) is 3.29. The van der Waals surface area contributed by atoms with Crippen LogP contribution in [0.1, 0.15) is 56.0 Å². The molecule has 0 radical (unpaired) electrons. The van der Waals surface area contributed by atoms with Crippen molar-refractivity contribution in [2.75, 3.05) is 23.7 Å². The molecule has 1 aromatic heterocycles. The highest BCUT2D eigenvalue weighted by atomic mass is 19.1. The number of piperidine rings is 1. The largest absolute Gasteiger partial charge is 0.444 e. The number of carbonyl (C=O) groups is 2. The van der Waals surface area contributed by atoms with Gasteiger partial charge in [-0.25, -0.2) is 14.2 Å². The lowest BCUT2D eigenvalue weighted by atomic mass is 10.0. The number of likely N-dealkylation sites (tertiary alicyclic amines) is 1. The van der Waals surface area contributed by atoms with Crippen LogP contribution in [0.4, 0.5) is 32.3 Å². The number of halogens is 1. The van der Waals surface area contributed by atoms with Gasteiger partial charge in [-0.05, 0) is 94.1 Å². The number of rotatable bonds is 8. The molecular formula is C29H35FN6O3. The van der Waals surface area contributed by atoms with Gasteiger partial charge in [-0.15, -0.1) is 0 Å². The van der Waals surface area contributed by atoms with E-state index in [1.54, 1.807) is 60.5 Å². The number of nitrogens with zero attached hydrogens (tertiary/aromatic N) is 3. The minimum Gasteiger partial charge on any atom is -0.444 e. The Labute approximate surface area is 228 Å². The van der Waals surface area contributed by atoms with Gasteiger partial charge in [-0.2, -0.15) is 4.98 Å². The van der Waals surface area contributed by atoms with Gasteiger partial charge < -0.3 is 25.6 Å². The number of aryl methyl sites for hydroxylation is 1. The van der Waals surface area contributed by atoms with Gasteiger partial charge >= 0.3 is 6.09 Å². The summed E-state index contributed by atoms with van der Waals surface area (Å²) in [6.45, 7) is 8.56. The Kier molecular flexibility index (Phi) is 8.63. The van der Waals surface area contributed by atoms with Crippen LogP contribution in [-0.4, -0.2) is 51.6 Å². The van der Waals surface area contributed by atoms with Gasteiger partial charge in [0, 0.05) is 42.3 Å². The fourth-order valence-electron chi connectivity index (χ4n) is 4.11.